The van der Waals surface area contributed by atoms with E-state index >= 15 is 0 Å². The summed E-state index contributed by atoms with van der Waals surface area (Å²) in [7, 11) is 3.35. The fourth-order valence-electron chi connectivity index (χ4n) is 1.04. The summed E-state index contributed by atoms with van der Waals surface area (Å²) in [5, 5.41) is 8.93. The molecule has 1 aromatic rings. The van der Waals surface area contributed by atoms with Crippen LogP contribution in [-0.2, 0) is 4.79 Å². The fourth-order valence-corrected chi connectivity index (χ4v) is 2.06. The lowest BCUT2D eigenvalue weighted by Gasteiger charge is -2.10. The Bertz CT molecular complexity index is 404. The normalized spacial score (nSPS) is 9.88. The predicted molar refractivity (Wildman–Crippen MR) is 62.8 cm³/mol. The molecule has 0 aromatic heterocycles. The Labute approximate surface area is 98.3 Å². The summed E-state index contributed by atoms with van der Waals surface area (Å²) in [6, 6.07) is 6.66. The molecule has 1 aromatic carbocycles. The summed E-state index contributed by atoms with van der Waals surface area (Å²) in [6.07, 6.45) is 0. The molecule has 1 rings (SSSR count). The summed E-state index contributed by atoms with van der Waals surface area (Å²) >= 11 is 1.24. The number of carboxylic acids is 1. The van der Waals surface area contributed by atoms with Crippen molar-refractivity contribution in [3.05, 3.63) is 29.8 Å². The number of carbonyl (C=O) groups is 2. The van der Waals surface area contributed by atoms with Crippen molar-refractivity contribution < 1.29 is 14.7 Å². The third-order valence-corrected chi connectivity index (χ3v) is 3.03. The molecule has 0 radical (unpaired) electrons. The van der Waals surface area contributed by atoms with E-state index in [1.54, 1.807) is 32.3 Å². The maximum absolute atomic E-state index is 11.4. The first kappa shape index (κ1) is 12.6. The third-order valence-electron chi connectivity index (χ3n) is 1.97. The van der Waals surface area contributed by atoms with Gasteiger partial charge in [0.25, 0.3) is 0 Å². The van der Waals surface area contributed by atoms with Crippen LogP contribution in [0.3, 0.4) is 0 Å². The van der Waals surface area contributed by atoms with Gasteiger partial charge in [-0.25, -0.2) is 4.79 Å². The van der Waals surface area contributed by atoms with Crippen molar-refractivity contribution in [1.82, 2.24) is 4.90 Å². The molecular formula is C11H13NO3S. The molecule has 0 aliphatic rings. The van der Waals surface area contributed by atoms with Gasteiger partial charge in [0.05, 0.1) is 11.3 Å². The molecule has 0 fully saturated rings. The Morgan fingerprint density at radius 1 is 1.31 bits per heavy atom. The molecule has 86 valence electrons. The number of hydrogen-bond donors (Lipinski definition) is 1. The number of carboxylic acid groups (broad SMARTS) is 1. The number of amides is 1. The largest absolute Gasteiger partial charge is 0.478 e. The van der Waals surface area contributed by atoms with E-state index in [-0.39, 0.29) is 17.2 Å². The number of aromatic carboxylic acids is 1. The second kappa shape index (κ2) is 5.55. The minimum absolute atomic E-state index is 0.0369. The molecule has 0 heterocycles. The summed E-state index contributed by atoms with van der Waals surface area (Å²) < 4.78 is 0. The quantitative estimate of drug-likeness (QED) is 0.810. The highest BCUT2D eigenvalue weighted by atomic mass is 32.2. The molecule has 0 atom stereocenters. The molecule has 0 saturated carbocycles. The predicted octanol–water partition coefficient (Wildman–Crippen LogP) is 1.57. The molecule has 0 aliphatic carbocycles. The van der Waals surface area contributed by atoms with Crippen LogP contribution in [0.15, 0.2) is 29.2 Å². The van der Waals surface area contributed by atoms with Gasteiger partial charge in [0.1, 0.15) is 0 Å². The van der Waals surface area contributed by atoms with Gasteiger partial charge in [0.2, 0.25) is 5.91 Å². The number of nitrogens with zero attached hydrogens (tertiary/aromatic N) is 1. The zero-order chi connectivity index (χ0) is 12.1. The van der Waals surface area contributed by atoms with Gasteiger partial charge in [0.15, 0.2) is 0 Å². The summed E-state index contributed by atoms with van der Waals surface area (Å²) in [5.74, 6) is -0.761. The van der Waals surface area contributed by atoms with E-state index in [0.29, 0.717) is 4.90 Å². The highest BCUT2D eigenvalue weighted by Gasteiger charge is 2.11. The van der Waals surface area contributed by atoms with E-state index in [1.807, 2.05) is 0 Å². The molecule has 1 amide bonds. The first-order valence-corrected chi connectivity index (χ1v) is 5.66. The fraction of sp³-hybridized carbons (Fsp3) is 0.273. The standard InChI is InChI=1S/C11H13NO3S/c1-12(2)10(13)7-16-9-6-4-3-5-8(9)11(14)15/h3-6H,7H2,1-2H3,(H,14,15). The van der Waals surface area contributed by atoms with Crippen molar-refractivity contribution in [2.45, 2.75) is 4.90 Å². The van der Waals surface area contributed by atoms with E-state index in [1.165, 1.54) is 22.7 Å². The molecule has 4 nitrogen and oxygen atoms in total. The van der Waals surface area contributed by atoms with Crippen molar-refractivity contribution in [3.8, 4) is 0 Å². The molecule has 16 heavy (non-hydrogen) atoms. The summed E-state index contributed by atoms with van der Waals surface area (Å²) in [4.78, 5) is 24.3. The second-order valence-electron chi connectivity index (χ2n) is 3.38. The van der Waals surface area contributed by atoms with Gasteiger partial charge in [-0.15, -0.1) is 11.8 Å². The van der Waals surface area contributed by atoms with Gasteiger partial charge in [0, 0.05) is 19.0 Å². The zero-order valence-electron chi connectivity index (χ0n) is 9.14. The van der Waals surface area contributed by atoms with Crippen LogP contribution in [-0.4, -0.2) is 41.7 Å². The third kappa shape index (κ3) is 3.27. The number of hydrogen-bond acceptors (Lipinski definition) is 3. The number of carbonyl (C=O) groups excluding carboxylic acids is 1. The van der Waals surface area contributed by atoms with Crippen LogP contribution in [0.2, 0.25) is 0 Å². The number of rotatable bonds is 4. The lowest BCUT2D eigenvalue weighted by molar-refractivity contribution is -0.125. The maximum atomic E-state index is 11.4. The number of thioether (sulfide) groups is 1. The topological polar surface area (TPSA) is 57.6 Å². The van der Waals surface area contributed by atoms with E-state index in [0.717, 1.165) is 0 Å². The zero-order valence-corrected chi connectivity index (χ0v) is 9.95. The molecule has 0 saturated heterocycles. The van der Waals surface area contributed by atoms with Crippen LogP contribution in [0.5, 0.6) is 0 Å². The van der Waals surface area contributed by atoms with Crippen LogP contribution < -0.4 is 0 Å². The molecule has 0 bridgehead atoms. The Balaban J connectivity index is 2.74. The van der Waals surface area contributed by atoms with Crippen LogP contribution in [0.4, 0.5) is 0 Å². The van der Waals surface area contributed by atoms with Crippen molar-refractivity contribution in [2.75, 3.05) is 19.8 Å². The van der Waals surface area contributed by atoms with Gasteiger partial charge < -0.3 is 10.0 Å². The molecule has 0 aliphatic heterocycles. The van der Waals surface area contributed by atoms with Crippen molar-refractivity contribution in [2.24, 2.45) is 0 Å². The number of benzene rings is 1. The highest BCUT2D eigenvalue weighted by Crippen LogP contribution is 2.22. The smallest absolute Gasteiger partial charge is 0.336 e. The monoisotopic (exact) mass is 239 g/mol. The second-order valence-corrected chi connectivity index (χ2v) is 4.40. The van der Waals surface area contributed by atoms with Crippen LogP contribution in [0.1, 0.15) is 10.4 Å². The Hall–Kier alpha value is -1.49. The van der Waals surface area contributed by atoms with Gasteiger partial charge in [-0.1, -0.05) is 12.1 Å². The summed E-state index contributed by atoms with van der Waals surface area (Å²) in [5.41, 5.74) is 0.235. The Morgan fingerprint density at radius 2 is 1.94 bits per heavy atom. The van der Waals surface area contributed by atoms with Gasteiger partial charge in [-0.2, -0.15) is 0 Å². The van der Waals surface area contributed by atoms with Crippen LogP contribution in [0, 0.1) is 0 Å². The van der Waals surface area contributed by atoms with E-state index in [9.17, 15) is 9.59 Å². The average molecular weight is 239 g/mol. The lowest BCUT2D eigenvalue weighted by atomic mass is 10.2. The van der Waals surface area contributed by atoms with Crippen molar-refractivity contribution in [3.63, 3.8) is 0 Å². The molecule has 0 spiro atoms. The Kier molecular flexibility index (Phi) is 4.37. The molecule has 1 N–H and O–H groups in total. The van der Waals surface area contributed by atoms with Crippen molar-refractivity contribution >= 4 is 23.6 Å². The van der Waals surface area contributed by atoms with Crippen LogP contribution in [0.25, 0.3) is 0 Å². The molecule has 5 heteroatoms. The Morgan fingerprint density at radius 3 is 2.50 bits per heavy atom. The minimum Gasteiger partial charge on any atom is -0.478 e. The van der Waals surface area contributed by atoms with Gasteiger partial charge in [-0.3, -0.25) is 4.79 Å². The van der Waals surface area contributed by atoms with Gasteiger partial charge >= 0.3 is 5.97 Å². The lowest BCUT2D eigenvalue weighted by Crippen LogP contribution is -2.23. The molecular weight excluding hydrogens is 226 g/mol. The van der Waals surface area contributed by atoms with Crippen molar-refractivity contribution in [1.29, 1.82) is 0 Å². The first-order chi connectivity index (χ1) is 7.52. The van der Waals surface area contributed by atoms with E-state index < -0.39 is 5.97 Å². The average Bonchev–Trinajstić information content (AvgIpc) is 2.25. The van der Waals surface area contributed by atoms with Gasteiger partial charge in [-0.05, 0) is 12.1 Å². The van der Waals surface area contributed by atoms with E-state index in [4.69, 9.17) is 5.11 Å². The minimum atomic E-state index is -0.972. The van der Waals surface area contributed by atoms with Crippen LogP contribution >= 0.6 is 11.8 Å². The SMILES string of the molecule is CN(C)C(=O)CSc1ccccc1C(=O)O. The van der Waals surface area contributed by atoms with E-state index in [2.05, 4.69) is 0 Å². The first-order valence-electron chi connectivity index (χ1n) is 4.67. The highest BCUT2D eigenvalue weighted by molar-refractivity contribution is 8.00. The summed E-state index contributed by atoms with van der Waals surface area (Å²) in [6.45, 7) is 0. The maximum Gasteiger partial charge on any atom is 0.336 e. The molecule has 0 unspecified atom stereocenters.